The zero-order valence-corrected chi connectivity index (χ0v) is 13.2. The molecular weight excluding hydrogens is 282 g/mol. The topological polar surface area (TPSA) is 74.1 Å². The molecule has 0 bridgehead atoms. The van der Waals surface area contributed by atoms with Crippen molar-refractivity contribution >= 4 is 11.8 Å². The fourth-order valence-electron chi connectivity index (χ4n) is 2.17. The molecule has 116 valence electrons. The highest BCUT2D eigenvalue weighted by Crippen LogP contribution is 2.16. The highest BCUT2D eigenvalue weighted by atomic mass is 16.5. The fraction of sp³-hybridized carbons (Fsp3) is 0.375. The van der Waals surface area contributed by atoms with Crippen LogP contribution < -0.4 is 0 Å². The highest BCUT2D eigenvalue weighted by Gasteiger charge is 2.15. The van der Waals surface area contributed by atoms with E-state index in [-0.39, 0.29) is 24.6 Å². The maximum atomic E-state index is 12.4. The van der Waals surface area contributed by atoms with Crippen LogP contribution in [0.1, 0.15) is 44.5 Å². The Morgan fingerprint density at radius 2 is 1.82 bits per heavy atom. The van der Waals surface area contributed by atoms with E-state index in [0.717, 1.165) is 16.7 Å². The van der Waals surface area contributed by atoms with Crippen LogP contribution in [0.4, 0.5) is 0 Å². The number of ether oxygens (including phenoxy) is 1. The molecule has 1 aromatic heterocycles. The number of aromatic nitrogens is 3. The molecule has 0 aliphatic rings. The summed E-state index contributed by atoms with van der Waals surface area (Å²) < 4.78 is 6.19. The number of carbonyl (C=O) groups excluding carboxylic acids is 2. The first-order valence-electron chi connectivity index (χ1n) is 7.10. The van der Waals surface area contributed by atoms with Crippen molar-refractivity contribution in [2.24, 2.45) is 0 Å². The summed E-state index contributed by atoms with van der Waals surface area (Å²) in [5, 5.41) is 7.52. The fourth-order valence-corrected chi connectivity index (χ4v) is 2.17. The van der Waals surface area contributed by atoms with E-state index in [2.05, 4.69) is 10.3 Å². The molecule has 0 aliphatic carbocycles. The first-order chi connectivity index (χ1) is 10.4. The number of rotatable bonds is 5. The lowest BCUT2D eigenvalue weighted by Crippen LogP contribution is -2.13. The van der Waals surface area contributed by atoms with E-state index in [4.69, 9.17) is 4.74 Å². The molecule has 0 radical (unpaired) electrons. The van der Waals surface area contributed by atoms with Gasteiger partial charge < -0.3 is 4.74 Å². The molecule has 0 saturated carbocycles. The van der Waals surface area contributed by atoms with Crippen LogP contribution in [0.2, 0.25) is 0 Å². The van der Waals surface area contributed by atoms with Crippen LogP contribution in [0.3, 0.4) is 0 Å². The van der Waals surface area contributed by atoms with Crippen molar-refractivity contribution < 1.29 is 14.3 Å². The monoisotopic (exact) mass is 301 g/mol. The second-order valence-electron chi connectivity index (χ2n) is 5.20. The first-order valence-corrected chi connectivity index (χ1v) is 7.10. The lowest BCUT2D eigenvalue weighted by atomic mass is 9.98. The predicted octanol–water partition coefficient (Wildman–Crippen LogP) is 2.26. The summed E-state index contributed by atoms with van der Waals surface area (Å²) in [7, 11) is 0. The normalized spacial score (nSPS) is 10.5. The number of hydrogen-bond donors (Lipinski definition) is 0. The maximum absolute atomic E-state index is 12.4. The van der Waals surface area contributed by atoms with Gasteiger partial charge in [-0.1, -0.05) is 11.3 Å². The molecule has 0 unspecified atom stereocenters. The molecule has 1 heterocycles. The van der Waals surface area contributed by atoms with Gasteiger partial charge in [0.25, 0.3) is 0 Å². The number of aryl methyl sites for hydroxylation is 3. The zero-order chi connectivity index (χ0) is 16.3. The largest absolute Gasteiger partial charge is 0.461 e. The molecule has 1 aromatic carbocycles. The molecule has 22 heavy (non-hydrogen) atoms. The van der Waals surface area contributed by atoms with Crippen LogP contribution in [0.25, 0.3) is 0 Å². The lowest BCUT2D eigenvalue weighted by Gasteiger charge is -2.08. The van der Waals surface area contributed by atoms with Crippen LogP contribution >= 0.6 is 0 Å². The third-order valence-electron chi connectivity index (χ3n) is 3.47. The number of carbonyl (C=O) groups is 2. The van der Waals surface area contributed by atoms with Gasteiger partial charge in [-0.15, -0.1) is 5.10 Å². The summed E-state index contributed by atoms with van der Waals surface area (Å²) in [6.45, 7) is 7.92. The SMILES string of the molecule is CCOC(=O)c1cn(CC(=O)c2cc(C)c(C)cc2C)nn1. The van der Waals surface area contributed by atoms with E-state index < -0.39 is 5.97 Å². The maximum Gasteiger partial charge on any atom is 0.360 e. The highest BCUT2D eigenvalue weighted by molar-refractivity contribution is 5.97. The van der Waals surface area contributed by atoms with Crippen molar-refractivity contribution in [1.29, 1.82) is 0 Å². The molecule has 0 fully saturated rings. The van der Waals surface area contributed by atoms with E-state index in [1.165, 1.54) is 10.9 Å². The summed E-state index contributed by atoms with van der Waals surface area (Å²) in [6, 6.07) is 3.88. The summed E-state index contributed by atoms with van der Waals surface area (Å²) in [5.74, 6) is -0.607. The summed E-state index contributed by atoms with van der Waals surface area (Å²) in [5.41, 5.74) is 3.92. The van der Waals surface area contributed by atoms with E-state index in [1.807, 2.05) is 32.9 Å². The molecular formula is C16H19N3O3. The van der Waals surface area contributed by atoms with Crippen molar-refractivity contribution in [2.45, 2.75) is 34.2 Å². The molecule has 0 spiro atoms. The molecule has 2 aromatic rings. The number of esters is 1. The molecule has 0 saturated heterocycles. The molecule has 0 aliphatic heterocycles. The van der Waals surface area contributed by atoms with Crippen LogP contribution in [-0.4, -0.2) is 33.4 Å². The minimum absolute atomic E-state index is 0.0374. The van der Waals surface area contributed by atoms with Gasteiger partial charge in [-0.25, -0.2) is 9.48 Å². The number of benzene rings is 1. The molecule has 6 heteroatoms. The Bertz CT molecular complexity index is 719. The predicted molar refractivity (Wildman–Crippen MR) is 81.0 cm³/mol. The van der Waals surface area contributed by atoms with Crippen molar-refractivity contribution in [2.75, 3.05) is 6.61 Å². The third-order valence-corrected chi connectivity index (χ3v) is 3.47. The third kappa shape index (κ3) is 3.39. The van der Waals surface area contributed by atoms with Gasteiger partial charge in [0, 0.05) is 5.56 Å². The van der Waals surface area contributed by atoms with Gasteiger partial charge in [0.2, 0.25) is 0 Å². The van der Waals surface area contributed by atoms with Gasteiger partial charge in [0.05, 0.1) is 12.8 Å². The Kier molecular flexibility index (Phi) is 4.70. The van der Waals surface area contributed by atoms with Crippen molar-refractivity contribution in [3.05, 3.63) is 46.3 Å². The molecule has 0 amide bonds. The minimum atomic E-state index is -0.538. The van der Waals surface area contributed by atoms with Gasteiger partial charge in [-0.2, -0.15) is 0 Å². The Morgan fingerprint density at radius 1 is 1.14 bits per heavy atom. The molecule has 0 N–H and O–H groups in total. The number of hydrogen-bond acceptors (Lipinski definition) is 5. The Morgan fingerprint density at radius 3 is 2.50 bits per heavy atom. The lowest BCUT2D eigenvalue weighted by molar-refractivity contribution is 0.0519. The average molecular weight is 301 g/mol. The van der Waals surface area contributed by atoms with Gasteiger partial charge >= 0.3 is 5.97 Å². The van der Waals surface area contributed by atoms with Crippen LogP contribution in [0.5, 0.6) is 0 Å². The standard InChI is InChI=1S/C16H19N3O3/c1-5-22-16(21)14-8-19(18-17-14)9-15(20)13-7-11(3)10(2)6-12(13)4/h6-8H,5,9H2,1-4H3. The van der Waals surface area contributed by atoms with Crippen molar-refractivity contribution in [3.8, 4) is 0 Å². The Balaban J connectivity index is 2.16. The second-order valence-corrected chi connectivity index (χ2v) is 5.20. The van der Waals surface area contributed by atoms with E-state index in [1.54, 1.807) is 6.92 Å². The van der Waals surface area contributed by atoms with Gasteiger partial charge in [-0.05, 0) is 50.5 Å². The van der Waals surface area contributed by atoms with Crippen molar-refractivity contribution in [1.82, 2.24) is 15.0 Å². The second kappa shape index (κ2) is 6.51. The van der Waals surface area contributed by atoms with Crippen LogP contribution in [0.15, 0.2) is 18.3 Å². The van der Waals surface area contributed by atoms with Crippen LogP contribution in [0, 0.1) is 20.8 Å². The smallest absolute Gasteiger partial charge is 0.360 e. The minimum Gasteiger partial charge on any atom is -0.461 e. The summed E-state index contributed by atoms with van der Waals surface area (Å²) in [6.07, 6.45) is 1.42. The van der Waals surface area contributed by atoms with E-state index in [0.29, 0.717) is 5.56 Å². The van der Waals surface area contributed by atoms with Crippen molar-refractivity contribution in [3.63, 3.8) is 0 Å². The number of nitrogens with zero attached hydrogens (tertiary/aromatic N) is 3. The summed E-state index contributed by atoms with van der Waals surface area (Å²) >= 11 is 0. The van der Waals surface area contributed by atoms with Gasteiger partial charge in [-0.3, -0.25) is 4.79 Å². The number of Topliss-reactive ketones (excluding diaryl/α,β-unsaturated/α-hetero) is 1. The van der Waals surface area contributed by atoms with E-state index >= 15 is 0 Å². The van der Waals surface area contributed by atoms with Gasteiger partial charge in [0.15, 0.2) is 11.5 Å². The summed E-state index contributed by atoms with van der Waals surface area (Å²) in [4.78, 5) is 23.9. The zero-order valence-electron chi connectivity index (χ0n) is 13.2. The van der Waals surface area contributed by atoms with Crippen LogP contribution in [-0.2, 0) is 11.3 Å². The number of ketones is 1. The molecule has 0 atom stereocenters. The first kappa shape index (κ1) is 15.9. The Labute approximate surface area is 129 Å². The molecule has 6 nitrogen and oxygen atoms in total. The van der Waals surface area contributed by atoms with E-state index in [9.17, 15) is 9.59 Å². The average Bonchev–Trinajstić information content (AvgIpc) is 2.91. The van der Waals surface area contributed by atoms with Gasteiger partial charge in [0.1, 0.15) is 6.54 Å². The quantitative estimate of drug-likeness (QED) is 0.625. The Hall–Kier alpha value is -2.50. The molecule has 2 rings (SSSR count).